The Labute approximate surface area is 146 Å². The van der Waals surface area contributed by atoms with E-state index in [9.17, 15) is 14.7 Å². The van der Waals surface area contributed by atoms with Crippen LogP contribution < -0.4 is 0 Å². The average molecular weight is 342 g/mol. The van der Waals surface area contributed by atoms with Gasteiger partial charge in [-0.3, -0.25) is 4.79 Å². The van der Waals surface area contributed by atoms with E-state index in [-0.39, 0.29) is 12.3 Å². The highest BCUT2D eigenvalue weighted by atomic mass is 16.4. The lowest BCUT2D eigenvalue weighted by atomic mass is 10.0. The normalized spacial score (nSPS) is 17.5. The van der Waals surface area contributed by atoms with Crippen molar-refractivity contribution < 1.29 is 19.1 Å². The lowest BCUT2D eigenvalue weighted by molar-refractivity contribution is -0.152. The third kappa shape index (κ3) is 3.90. The maximum absolute atomic E-state index is 12.4. The third-order valence-electron chi connectivity index (χ3n) is 4.54. The minimum Gasteiger partial charge on any atom is -0.480 e. The number of oxazole rings is 1. The van der Waals surface area contributed by atoms with Crippen LogP contribution in [-0.4, -0.2) is 39.5 Å². The first-order valence-corrected chi connectivity index (χ1v) is 8.60. The molecule has 1 aliphatic heterocycles. The van der Waals surface area contributed by atoms with Gasteiger partial charge in [0.05, 0.1) is 5.69 Å². The number of benzene rings is 1. The SMILES string of the molecule is Cc1nc(CCC(=O)N2CCCCC2C(=O)O)oc1-c1ccccc1. The third-order valence-corrected chi connectivity index (χ3v) is 4.54. The van der Waals surface area contributed by atoms with Crippen LogP contribution in [-0.2, 0) is 16.0 Å². The molecule has 132 valence electrons. The molecule has 0 spiro atoms. The Morgan fingerprint density at radius 3 is 2.76 bits per heavy atom. The van der Waals surface area contributed by atoms with Gasteiger partial charge in [-0.05, 0) is 26.2 Å². The molecule has 0 bridgehead atoms. The zero-order valence-corrected chi connectivity index (χ0v) is 14.3. The summed E-state index contributed by atoms with van der Waals surface area (Å²) in [5.74, 6) is 0.147. The van der Waals surface area contributed by atoms with Gasteiger partial charge in [-0.25, -0.2) is 9.78 Å². The number of aliphatic carboxylic acids is 1. The van der Waals surface area contributed by atoms with Gasteiger partial charge in [0.25, 0.3) is 0 Å². The summed E-state index contributed by atoms with van der Waals surface area (Å²) in [5, 5.41) is 9.28. The van der Waals surface area contributed by atoms with Crippen LogP contribution in [0, 0.1) is 6.92 Å². The molecular weight excluding hydrogens is 320 g/mol. The Morgan fingerprint density at radius 2 is 2.04 bits per heavy atom. The molecule has 1 amide bonds. The number of carboxylic acid groups (broad SMARTS) is 1. The molecule has 6 nitrogen and oxygen atoms in total. The number of hydrogen-bond acceptors (Lipinski definition) is 4. The number of amides is 1. The Morgan fingerprint density at radius 1 is 1.28 bits per heavy atom. The molecule has 1 aromatic carbocycles. The second-order valence-corrected chi connectivity index (χ2v) is 6.33. The average Bonchev–Trinajstić information content (AvgIpc) is 3.01. The minimum atomic E-state index is -0.925. The van der Waals surface area contributed by atoms with Crippen molar-refractivity contribution in [2.75, 3.05) is 6.54 Å². The lowest BCUT2D eigenvalue weighted by Crippen LogP contribution is -2.48. The summed E-state index contributed by atoms with van der Waals surface area (Å²) in [6.07, 6.45) is 2.80. The van der Waals surface area contributed by atoms with Crippen LogP contribution in [0.25, 0.3) is 11.3 Å². The zero-order valence-electron chi connectivity index (χ0n) is 14.3. The maximum atomic E-state index is 12.4. The van der Waals surface area contributed by atoms with Crippen LogP contribution in [0.5, 0.6) is 0 Å². The number of carbonyl (C=O) groups is 2. The monoisotopic (exact) mass is 342 g/mol. The van der Waals surface area contributed by atoms with Gasteiger partial charge in [-0.2, -0.15) is 0 Å². The molecule has 1 saturated heterocycles. The molecule has 0 aliphatic carbocycles. The molecule has 1 aromatic heterocycles. The fourth-order valence-corrected chi connectivity index (χ4v) is 3.26. The van der Waals surface area contributed by atoms with E-state index in [0.717, 1.165) is 24.1 Å². The fourth-order valence-electron chi connectivity index (χ4n) is 3.26. The van der Waals surface area contributed by atoms with E-state index in [1.807, 2.05) is 37.3 Å². The molecule has 1 N–H and O–H groups in total. The Balaban J connectivity index is 1.65. The van der Waals surface area contributed by atoms with Crippen molar-refractivity contribution in [3.8, 4) is 11.3 Å². The lowest BCUT2D eigenvalue weighted by Gasteiger charge is -2.32. The van der Waals surface area contributed by atoms with Crippen LogP contribution in [0.15, 0.2) is 34.7 Å². The second-order valence-electron chi connectivity index (χ2n) is 6.33. The van der Waals surface area contributed by atoms with E-state index in [4.69, 9.17) is 4.42 Å². The first-order chi connectivity index (χ1) is 12.1. The molecular formula is C19H22N2O4. The molecule has 25 heavy (non-hydrogen) atoms. The van der Waals surface area contributed by atoms with Crippen molar-refractivity contribution in [3.05, 3.63) is 41.9 Å². The Kier molecular flexibility index (Phi) is 5.16. The molecule has 2 heterocycles. The zero-order chi connectivity index (χ0) is 17.8. The Bertz CT molecular complexity index is 754. The summed E-state index contributed by atoms with van der Waals surface area (Å²) < 4.78 is 5.81. The summed E-state index contributed by atoms with van der Waals surface area (Å²) in [6.45, 7) is 2.39. The number of hydrogen-bond donors (Lipinski definition) is 1. The molecule has 0 radical (unpaired) electrons. The van der Waals surface area contributed by atoms with Gasteiger partial charge in [-0.1, -0.05) is 30.3 Å². The molecule has 0 saturated carbocycles. The van der Waals surface area contributed by atoms with E-state index in [0.29, 0.717) is 31.0 Å². The van der Waals surface area contributed by atoms with E-state index in [1.54, 1.807) is 0 Å². The maximum Gasteiger partial charge on any atom is 0.326 e. The molecule has 1 atom stereocenters. The highest BCUT2D eigenvalue weighted by Gasteiger charge is 2.31. The quantitative estimate of drug-likeness (QED) is 0.903. The van der Waals surface area contributed by atoms with Gasteiger partial charge in [-0.15, -0.1) is 0 Å². The van der Waals surface area contributed by atoms with Crippen molar-refractivity contribution >= 4 is 11.9 Å². The summed E-state index contributed by atoms with van der Waals surface area (Å²) in [5.41, 5.74) is 1.74. The summed E-state index contributed by atoms with van der Waals surface area (Å²) in [4.78, 5) is 29.7. The fraction of sp³-hybridized carbons (Fsp3) is 0.421. The van der Waals surface area contributed by atoms with Gasteiger partial charge >= 0.3 is 5.97 Å². The van der Waals surface area contributed by atoms with Gasteiger partial charge in [0.15, 0.2) is 11.7 Å². The number of likely N-dealkylation sites (tertiary alicyclic amines) is 1. The van der Waals surface area contributed by atoms with Gasteiger partial charge in [0.1, 0.15) is 6.04 Å². The molecule has 1 aliphatic rings. The number of carboxylic acids is 1. The summed E-state index contributed by atoms with van der Waals surface area (Å²) in [6, 6.07) is 9.01. The predicted molar refractivity (Wildman–Crippen MR) is 92.0 cm³/mol. The van der Waals surface area contributed by atoms with Crippen molar-refractivity contribution in [2.45, 2.75) is 45.1 Å². The predicted octanol–water partition coefficient (Wildman–Crippen LogP) is 3.05. The number of aryl methyl sites for hydroxylation is 2. The van der Waals surface area contributed by atoms with Crippen molar-refractivity contribution in [1.29, 1.82) is 0 Å². The summed E-state index contributed by atoms with van der Waals surface area (Å²) in [7, 11) is 0. The van der Waals surface area contributed by atoms with Crippen molar-refractivity contribution in [1.82, 2.24) is 9.88 Å². The highest BCUT2D eigenvalue weighted by Crippen LogP contribution is 2.25. The molecule has 1 unspecified atom stereocenters. The van der Waals surface area contributed by atoms with E-state index >= 15 is 0 Å². The number of rotatable bonds is 5. The van der Waals surface area contributed by atoms with Crippen LogP contribution in [0.4, 0.5) is 0 Å². The highest BCUT2D eigenvalue weighted by molar-refractivity contribution is 5.84. The number of aromatic nitrogens is 1. The van der Waals surface area contributed by atoms with E-state index in [2.05, 4.69) is 4.98 Å². The summed E-state index contributed by atoms with van der Waals surface area (Å²) >= 11 is 0. The van der Waals surface area contributed by atoms with Crippen LogP contribution in [0.2, 0.25) is 0 Å². The smallest absolute Gasteiger partial charge is 0.326 e. The number of piperidine rings is 1. The second kappa shape index (κ2) is 7.51. The molecule has 6 heteroatoms. The largest absolute Gasteiger partial charge is 0.480 e. The van der Waals surface area contributed by atoms with Crippen LogP contribution >= 0.6 is 0 Å². The number of nitrogens with zero attached hydrogens (tertiary/aromatic N) is 2. The molecule has 3 rings (SSSR count). The first-order valence-electron chi connectivity index (χ1n) is 8.60. The van der Waals surface area contributed by atoms with Crippen LogP contribution in [0.1, 0.15) is 37.3 Å². The Hall–Kier alpha value is -2.63. The topological polar surface area (TPSA) is 83.6 Å². The van der Waals surface area contributed by atoms with Crippen molar-refractivity contribution in [3.63, 3.8) is 0 Å². The van der Waals surface area contributed by atoms with Crippen LogP contribution in [0.3, 0.4) is 0 Å². The number of carbonyl (C=O) groups excluding carboxylic acids is 1. The minimum absolute atomic E-state index is 0.149. The first kappa shape index (κ1) is 17.2. The van der Waals surface area contributed by atoms with Crippen molar-refractivity contribution in [2.24, 2.45) is 0 Å². The van der Waals surface area contributed by atoms with Gasteiger partial charge in [0, 0.05) is 24.9 Å². The molecule has 2 aromatic rings. The van der Waals surface area contributed by atoms with Gasteiger partial charge < -0.3 is 14.4 Å². The molecule has 1 fully saturated rings. The van der Waals surface area contributed by atoms with Gasteiger partial charge in [0.2, 0.25) is 5.91 Å². The van der Waals surface area contributed by atoms with E-state index in [1.165, 1.54) is 4.90 Å². The van der Waals surface area contributed by atoms with E-state index < -0.39 is 12.0 Å². The standard InChI is InChI=1S/C19H22N2O4/c1-13-18(14-7-3-2-4-8-14)25-16(20-13)10-11-17(22)21-12-6-5-9-15(21)19(23)24/h2-4,7-8,15H,5-6,9-12H2,1H3,(H,23,24).